The molecule has 0 saturated carbocycles. The van der Waals surface area contributed by atoms with Crippen molar-refractivity contribution in [3.05, 3.63) is 35.6 Å². The fourth-order valence-corrected chi connectivity index (χ4v) is 2.78. The number of benzene rings is 1. The SMILES string of the molecule is CN(CCCCCCCCCBr)Cc1cccc(F)c1. The van der Waals surface area contributed by atoms with E-state index in [1.807, 2.05) is 6.07 Å². The van der Waals surface area contributed by atoms with Crippen molar-refractivity contribution in [3.63, 3.8) is 0 Å². The lowest BCUT2D eigenvalue weighted by molar-refractivity contribution is 0.316. The van der Waals surface area contributed by atoms with E-state index in [0.717, 1.165) is 24.0 Å². The molecule has 0 fully saturated rings. The van der Waals surface area contributed by atoms with E-state index in [4.69, 9.17) is 0 Å². The molecule has 0 radical (unpaired) electrons. The molecule has 0 saturated heterocycles. The van der Waals surface area contributed by atoms with E-state index in [1.165, 1.54) is 51.0 Å². The van der Waals surface area contributed by atoms with Crippen LogP contribution in [-0.2, 0) is 6.54 Å². The van der Waals surface area contributed by atoms with Crippen LogP contribution in [0.3, 0.4) is 0 Å². The molecule has 0 bridgehead atoms. The van der Waals surface area contributed by atoms with Crippen LogP contribution in [-0.4, -0.2) is 23.8 Å². The van der Waals surface area contributed by atoms with Gasteiger partial charge in [-0.15, -0.1) is 0 Å². The maximum absolute atomic E-state index is 13.1. The summed E-state index contributed by atoms with van der Waals surface area (Å²) in [4.78, 5) is 2.28. The van der Waals surface area contributed by atoms with Gasteiger partial charge in [0.2, 0.25) is 0 Å². The highest BCUT2D eigenvalue weighted by Crippen LogP contribution is 2.10. The number of hydrogen-bond donors (Lipinski definition) is 0. The van der Waals surface area contributed by atoms with Crippen LogP contribution in [0.15, 0.2) is 24.3 Å². The van der Waals surface area contributed by atoms with Gasteiger partial charge < -0.3 is 4.90 Å². The fraction of sp³-hybridized carbons (Fsp3) is 0.647. The summed E-state index contributed by atoms with van der Waals surface area (Å²) in [6, 6.07) is 6.90. The first kappa shape index (κ1) is 17.6. The fourth-order valence-electron chi connectivity index (χ4n) is 2.39. The molecule has 1 nitrogen and oxygen atoms in total. The average molecular weight is 344 g/mol. The molecule has 0 heterocycles. The Bertz CT molecular complexity index is 357. The van der Waals surface area contributed by atoms with E-state index in [-0.39, 0.29) is 5.82 Å². The number of hydrogen-bond acceptors (Lipinski definition) is 1. The van der Waals surface area contributed by atoms with Crippen molar-refractivity contribution in [1.82, 2.24) is 4.90 Å². The molecule has 0 aliphatic carbocycles. The highest BCUT2D eigenvalue weighted by molar-refractivity contribution is 9.09. The minimum absolute atomic E-state index is 0.139. The van der Waals surface area contributed by atoms with Crippen LogP contribution in [0.25, 0.3) is 0 Å². The van der Waals surface area contributed by atoms with Gasteiger partial charge in [0.25, 0.3) is 0 Å². The monoisotopic (exact) mass is 343 g/mol. The van der Waals surface area contributed by atoms with Gasteiger partial charge in [-0.1, -0.05) is 60.2 Å². The molecular formula is C17H27BrFN. The maximum atomic E-state index is 13.1. The Morgan fingerprint density at radius 1 is 1.00 bits per heavy atom. The molecule has 0 unspecified atom stereocenters. The van der Waals surface area contributed by atoms with Crippen molar-refractivity contribution in [2.45, 2.75) is 51.5 Å². The smallest absolute Gasteiger partial charge is 0.123 e. The van der Waals surface area contributed by atoms with Crippen molar-refractivity contribution in [2.75, 3.05) is 18.9 Å². The number of unbranched alkanes of at least 4 members (excludes halogenated alkanes) is 6. The summed E-state index contributed by atoms with van der Waals surface area (Å²) < 4.78 is 13.1. The Hall–Kier alpha value is -0.410. The second-order valence-electron chi connectivity index (χ2n) is 5.53. The van der Waals surface area contributed by atoms with Crippen LogP contribution < -0.4 is 0 Å². The van der Waals surface area contributed by atoms with Gasteiger partial charge in [-0.05, 0) is 44.1 Å². The van der Waals surface area contributed by atoms with Crippen LogP contribution in [0.1, 0.15) is 50.5 Å². The third kappa shape index (κ3) is 8.70. The molecule has 114 valence electrons. The van der Waals surface area contributed by atoms with Crippen molar-refractivity contribution >= 4 is 15.9 Å². The van der Waals surface area contributed by atoms with Crippen LogP contribution in [0.5, 0.6) is 0 Å². The van der Waals surface area contributed by atoms with Gasteiger partial charge in [-0.25, -0.2) is 4.39 Å². The molecule has 0 N–H and O–H groups in total. The summed E-state index contributed by atoms with van der Waals surface area (Å²) in [7, 11) is 2.11. The van der Waals surface area contributed by atoms with Gasteiger partial charge in [0, 0.05) is 11.9 Å². The van der Waals surface area contributed by atoms with E-state index in [1.54, 1.807) is 12.1 Å². The molecule has 0 aliphatic heterocycles. The topological polar surface area (TPSA) is 3.24 Å². The van der Waals surface area contributed by atoms with Gasteiger partial charge >= 0.3 is 0 Å². The second kappa shape index (κ2) is 11.3. The van der Waals surface area contributed by atoms with E-state index in [9.17, 15) is 4.39 Å². The number of rotatable bonds is 11. The standard InChI is InChI=1S/C17H27BrFN/c1-20(15-16-10-9-11-17(19)14-16)13-8-6-4-2-3-5-7-12-18/h9-11,14H,2-8,12-13,15H2,1H3. The molecule has 1 rings (SSSR count). The summed E-state index contributed by atoms with van der Waals surface area (Å²) in [5, 5.41) is 1.14. The molecule has 0 spiro atoms. The predicted octanol–water partition coefficient (Wildman–Crippen LogP) is 5.38. The summed E-state index contributed by atoms with van der Waals surface area (Å²) in [6.45, 7) is 1.93. The van der Waals surface area contributed by atoms with Crippen LogP contribution in [0, 0.1) is 5.82 Å². The second-order valence-corrected chi connectivity index (χ2v) is 6.32. The van der Waals surface area contributed by atoms with Crippen LogP contribution >= 0.6 is 15.9 Å². The lowest BCUT2D eigenvalue weighted by Crippen LogP contribution is -2.19. The minimum atomic E-state index is -0.139. The van der Waals surface area contributed by atoms with Gasteiger partial charge in [-0.3, -0.25) is 0 Å². The Morgan fingerprint density at radius 2 is 1.65 bits per heavy atom. The summed E-state index contributed by atoms with van der Waals surface area (Å²) in [6.07, 6.45) is 9.27. The molecule has 1 aromatic rings. The van der Waals surface area contributed by atoms with E-state index in [2.05, 4.69) is 27.9 Å². The third-order valence-corrected chi connectivity index (χ3v) is 4.08. The van der Waals surface area contributed by atoms with Crippen molar-refractivity contribution in [3.8, 4) is 0 Å². The zero-order chi connectivity index (χ0) is 14.6. The Morgan fingerprint density at radius 3 is 2.30 bits per heavy atom. The first-order valence-corrected chi connectivity index (χ1v) is 8.83. The minimum Gasteiger partial charge on any atom is -0.302 e. The first-order chi connectivity index (χ1) is 9.72. The number of alkyl halides is 1. The number of nitrogens with zero attached hydrogens (tertiary/aromatic N) is 1. The molecule has 0 aliphatic rings. The highest BCUT2D eigenvalue weighted by Gasteiger charge is 2.01. The molecule has 0 aromatic heterocycles. The van der Waals surface area contributed by atoms with Crippen molar-refractivity contribution in [2.24, 2.45) is 0 Å². The molecule has 0 atom stereocenters. The normalized spacial score (nSPS) is 11.2. The average Bonchev–Trinajstić information content (AvgIpc) is 2.42. The van der Waals surface area contributed by atoms with Gasteiger partial charge in [0.15, 0.2) is 0 Å². The molecule has 1 aromatic carbocycles. The quantitative estimate of drug-likeness (QED) is 0.385. The summed E-state index contributed by atoms with van der Waals surface area (Å²) >= 11 is 3.46. The molecule has 0 amide bonds. The Labute approximate surface area is 131 Å². The van der Waals surface area contributed by atoms with E-state index in [0.29, 0.717) is 0 Å². The molecular weight excluding hydrogens is 317 g/mol. The van der Waals surface area contributed by atoms with Crippen LogP contribution in [0.4, 0.5) is 4.39 Å². The summed E-state index contributed by atoms with van der Waals surface area (Å²) in [5.41, 5.74) is 1.06. The van der Waals surface area contributed by atoms with Gasteiger partial charge in [-0.2, -0.15) is 0 Å². The molecule has 20 heavy (non-hydrogen) atoms. The zero-order valence-electron chi connectivity index (χ0n) is 12.6. The summed E-state index contributed by atoms with van der Waals surface area (Å²) in [5.74, 6) is -0.139. The van der Waals surface area contributed by atoms with Gasteiger partial charge in [0.05, 0.1) is 0 Å². The zero-order valence-corrected chi connectivity index (χ0v) is 14.2. The van der Waals surface area contributed by atoms with E-state index >= 15 is 0 Å². The van der Waals surface area contributed by atoms with Crippen molar-refractivity contribution < 1.29 is 4.39 Å². The van der Waals surface area contributed by atoms with Gasteiger partial charge in [0.1, 0.15) is 5.82 Å². The predicted molar refractivity (Wildman–Crippen MR) is 88.8 cm³/mol. The van der Waals surface area contributed by atoms with Crippen molar-refractivity contribution in [1.29, 1.82) is 0 Å². The Kier molecular flexibility index (Phi) is 9.94. The Balaban J connectivity index is 2.01. The first-order valence-electron chi connectivity index (χ1n) is 7.71. The lowest BCUT2D eigenvalue weighted by atomic mass is 10.1. The maximum Gasteiger partial charge on any atom is 0.123 e. The largest absolute Gasteiger partial charge is 0.302 e. The van der Waals surface area contributed by atoms with E-state index < -0.39 is 0 Å². The highest BCUT2D eigenvalue weighted by atomic mass is 79.9. The van der Waals surface area contributed by atoms with Crippen LogP contribution in [0.2, 0.25) is 0 Å². The third-order valence-electron chi connectivity index (χ3n) is 3.51. The number of halogens is 2. The molecule has 3 heteroatoms. The lowest BCUT2D eigenvalue weighted by Gasteiger charge is -2.16.